The maximum atomic E-state index is 13.7. The summed E-state index contributed by atoms with van der Waals surface area (Å²) in [5.74, 6) is 0.505. The molecular weight excluding hydrogens is 572 g/mol. The summed E-state index contributed by atoms with van der Waals surface area (Å²) in [6.07, 6.45) is 6.66. The molecule has 236 valence electrons. The van der Waals surface area contributed by atoms with Crippen molar-refractivity contribution in [1.82, 2.24) is 30.2 Å². The number of hydrogen-bond donors (Lipinski definition) is 4. The van der Waals surface area contributed by atoms with Crippen LogP contribution < -0.4 is 15.4 Å². The highest BCUT2D eigenvalue weighted by Gasteiger charge is 2.27. The summed E-state index contributed by atoms with van der Waals surface area (Å²) in [6.45, 7) is 10.2. The third-order valence-corrected chi connectivity index (χ3v) is 9.21. The number of imidazole rings is 1. The molecule has 0 aliphatic heterocycles. The molecule has 1 amide bonds. The van der Waals surface area contributed by atoms with E-state index >= 15 is 0 Å². The van der Waals surface area contributed by atoms with Gasteiger partial charge in [0.05, 0.1) is 17.5 Å². The average Bonchev–Trinajstić information content (AvgIpc) is 3.54. The average molecular weight is 619 g/mol. The molecule has 4 rings (SSSR count). The molecule has 0 aliphatic carbocycles. The number of nitrogens with zero attached hydrogens (tertiary/aromatic N) is 2. The molecule has 44 heavy (non-hydrogen) atoms. The molecule has 1 heterocycles. The number of carbonyl (C=O) groups excluding carboxylic acids is 1. The molecule has 4 aromatic rings. The number of rotatable bonds is 18. The zero-order valence-corrected chi connectivity index (χ0v) is 26.9. The summed E-state index contributed by atoms with van der Waals surface area (Å²) in [7, 11) is -3.94. The van der Waals surface area contributed by atoms with Crippen LogP contribution in [-0.2, 0) is 27.9 Å². The molecule has 0 radical (unpaired) electrons. The van der Waals surface area contributed by atoms with E-state index in [9.17, 15) is 13.2 Å². The van der Waals surface area contributed by atoms with Crippen LogP contribution in [0.5, 0.6) is 0 Å². The van der Waals surface area contributed by atoms with Crippen LogP contribution in [0.2, 0.25) is 0 Å². The largest absolute Gasteiger partial charge is 0.348 e. The fourth-order valence-electron chi connectivity index (χ4n) is 5.51. The standard InChI is InChI=1S/C34H46N6O3S/c1-4-21-40(22-5-2)23-9-14-32(34(41)38-26(3)30-13-8-11-28-10-6-7-12-31(28)30)39-44(42,43)29-17-15-27(16-18-29)24-35-25-33-36-19-20-37-33/h6-8,10-13,15-20,26,32,35,39H,4-5,9,14,21-25H2,1-3H3,(H,36,37)(H,38,41)/t26-,32-/m0/s1. The molecule has 0 spiro atoms. The molecule has 2 atom stereocenters. The first-order valence-corrected chi connectivity index (χ1v) is 17.1. The van der Waals surface area contributed by atoms with Gasteiger partial charge in [-0.25, -0.2) is 13.4 Å². The molecular formula is C34H46N6O3S. The topological polar surface area (TPSA) is 119 Å². The van der Waals surface area contributed by atoms with E-state index in [1.54, 1.807) is 36.7 Å². The predicted molar refractivity (Wildman–Crippen MR) is 176 cm³/mol. The maximum Gasteiger partial charge on any atom is 0.241 e. The highest BCUT2D eigenvalue weighted by Crippen LogP contribution is 2.24. The van der Waals surface area contributed by atoms with Crippen LogP contribution in [0, 0.1) is 0 Å². The Morgan fingerprint density at radius 3 is 2.36 bits per heavy atom. The van der Waals surface area contributed by atoms with Gasteiger partial charge in [-0.2, -0.15) is 4.72 Å². The van der Waals surface area contributed by atoms with Gasteiger partial charge in [0.2, 0.25) is 15.9 Å². The minimum atomic E-state index is -3.94. The van der Waals surface area contributed by atoms with Crippen LogP contribution in [0.15, 0.2) is 84.0 Å². The molecule has 0 aliphatic rings. The zero-order chi connectivity index (χ0) is 31.4. The molecule has 4 N–H and O–H groups in total. The van der Waals surface area contributed by atoms with Crippen molar-refractivity contribution in [3.05, 3.63) is 96.1 Å². The Hall–Kier alpha value is -3.57. The highest BCUT2D eigenvalue weighted by atomic mass is 32.2. The summed E-state index contributed by atoms with van der Waals surface area (Å²) < 4.78 is 29.8. The smallest absolute Gasteiger partial charge is 0.241 e. The molecule has 1 aromatic heterocycles. The third kappa shape index (κ3) is 9.46. The van der Waals surface area contributed by atoms with Gasteiger partial charge in [0, 0.05) is 18.9 Å². The number of hydrogen-bond acceptors (Lipinski definition) is 6. The van der Waals surface area contributed by atoms with Gasteiger partial charge in [-0.3, -0.25) is 4.79 Å². The van der Waals surface area contributed by atoms with Gasteiger partial charge in [0.1, 0.15) is 11.9 Å². The highest BCUT2D eigenvalue weighted by molar-refractivity contribution is 7.89. The van der Waals surface area contributed by atoms with Crippen LogP contribution in [0.3, 0.4) is 0 Å². The Morgan fingerprint density at radius 1 is 0.932 bits per heavy atom. The van der Waals surface area contributed by atoms with Crippen molar-refractivity contribution in [3.8, 4) is 0 Å². The van der Waals surface area contributed by atoms with Crippen LogP contribution in [0.25, 0.3) is 10.8 Å². The minimum absolute atomic E-state index is 0.130. The number of H-pyrrole nitrogens is 1. The molecule has 0 bridgehead atoms. The van der Waals surface area contributed by atoms with Crippen LogP contribution in [-0.4, -0.2) is 54.9 Å². The lowest BCUT2D eigenvalue weighted by molar-refractivity contribution is -0.123. The fraction of sp³-hybridized carbons (Fsp3) is 0.412. The molecule has 0 saturated heterocycles. The number of sulfonamides is 1. The number of nitrogens with one attached hydrogen (secondary N) is 4. The third-order valence-electron chi connectivity index (χ3n) is 7.72. The van der Waals surface area contributed by atoms with Gasteiger partial charge in [-0.1, -0.05) is 68.4 Å². The van der Waals surface area contributed by atoms with Gasteiger partial charge < -0.3 is 20.5 Å². The Kier molecular flexibility index (Phi) is 12.5. The number of aromatic amines is 1. The molecule has 10 heteroatoms. The van der Waals surface area contributed by atoms with E-state index in [0.29, 0.717) is 25.9 Å². The van der Waals surface area contributed by atoms with Gasteiger partial charge >= 0.3 is 0 Å². The molecule has 0 fully saturated rings. The Balaban J connectivity index is 1.45. The number of aromatic nitrogens is 2. The summed E-state index contributed by atoms with van der Waals surface area (Å²) in [5.41, 5.74) is 1.94. The number of carbonyl (C=O) groups is 1. The van der Waals surface area contributed by atoms with Crippen LogP contribution in [0.1, 0.15) is 69.4 Å². The van der Waals surface area contributed by atoms with Crippen molar-refractivity contribution in [2.45, 2.75) is 76.5 Å². The van der Waals surface area contributed by atoms with E-state index in [4.69, 9.17) is 0 Å². The van der Waals surface area contributed by atoms with E-state index in [0.717, 1.165) is 60.2 Å². The fourth-order valence-corrected chi connectivity index (χ4v) is 6.74. The molecule has 9 nitrogen and oxygen atoms in total. The number of benzene rings is 3. The van der Waals surface area contributed by atoms with Crippen molar-refractivity contribution < 1.29 is 13.2 Å². The lowest BCUT2D eigenvalue weighted by Gasteiger charge is -2.24. The first-order chi connectivity index (χ1) is 21.3. The molecule has 0 saturated carbocycles. The van der Waals surface area contributed by atoms with Crippen molar-refractivity contribution in [1.29, 1.82) is 0 Å². The normalized spacial score (nSPS) is 13.3. The van der Waals surface area contributed by atoms with Crippen molar-refractivity contribution in [2.24, 2.45) is 0 Å². The van der Waals surface area contributed by atoms with Gasteiger partial charge in [-0.15, -0.1) is 0 Å². The first kappa shape index (κ1) is 33.3. The monoisotopic (exact) mass is 618 g/mol. The second-order valence-electron chi connectivity index (χ2n) is 11.2. The van der Waals surface area contributed by atoms with E-state index in [-0.39, 0.29) is 16.8 Å². The lowest BCUT2D eigenvalue weighted by atomic mass is 9.99. The maximum absolute atomic E-state index is 13.7. The Labute approximate surface area is 261 Å². The summed E-state index contributed by atoms with van der Waals surface area (Å²) >= 11 is 0. The number of fused-ring (bicyclic) bond motifs is 1. The second kappa shape index (κ2) is 16.5. The van der Waals surface area contributed by atoms with Crippen molar-refractivity contribution in [3.63, 3.8) is 0 Å². The van der Waals surface area contributed by atoms with Gasteiger partial charge in [0.15, 0.2) is 0 Å². The second-order valence-corrected chi connectivity index (χ2v) is 13.0. The molecule has 3 aromatic carbocycles. The summed E-state index contributed by atoms with van der Waals surface area (Å²) in [4.78, 5) is 23.4. The van der Waals surface area contributed by atoms with Crippen molar-refractivity contribution >= 4 is 26.7 Å². The Bertz CT molecular complexity index is 1550. The molecule has 0 unspecified atom stereocenters. The minimum Gasteiger partial charge on any atom is -0.348 e. The van der Waals surface area contributed by atoms with Crippen LogP contribution >= 0.6 is 0 Å². The van der Waals surface area contributed by atoms with Crippen molar-refractivity contribution in [2.75, 3.05) is 19.6 Å². The first-order valence-electron chi connectivity index (χ1n) is 15.6. The number of amides is 1. The van der Waals surface area contributed by atoms with E-state index in [2.05, 4.69) is 44.1 Å². The summed E-state index contributed by atoms with van der Waals surface area (Å²) in [6, 6.07) is 19.6. The Morgan fingerprint density at radius 2 is 1.66 bits per heavy atom. The van der Waals surface area contributed by atoms with Gasteiger partial charge in [0.25, 0.3) is 0 Å². The van der Waals surface area contributed by atoms with E-state index in [1.165, 1.54) is 0 Å². The quantitative estimate of drug-likeness (QED) is 0.121. The van der Waals surface area contributed by atoms with E-state index < -0.39 is 16.1 Å². The summed E-state index contributed by atoms with van der Waals surface area (Å²) in [5, 5.41) is 8.54. The van der Waals surface area contributed by atoms with Crippen LogP contribution in [0.4, 0.5) is 0 Å². The zero-order valence-electron chi connectivity index (χ0n) is 26.1. The van der Waals surface area contributed by atoms with E-state index in [1.807, 2.05) is 49.4 Å². The predicted octanol–water partition coefficient (Wildman–Crippen LogP) is 5.28. The lowest BCUT2D eigenvalue weighted by Crippen LogP contribution is -2.47. The SMILES string of the molecule is CCCN(CCC)CCC[C@H](NS(=O)(=O)c1ccc(CNCc2ncc[nH]2)cc1)C(=O)N[C@@H](C)c1cccc2ccccc12. The van der Waals surface area contributed by atoms with Gasteiger partial charge in [-0.05, 0) is 86.3 Å².